The number of ether oxygens (including phenoxy) is 2. The van der Waals surface area contributed by atoms with Crippen molar-refractivity contribution in [1.82, 2.24) is 9.88 Å². The number of carbonyl (C=O) groups excluding carboxylic acids is 1. The number of Topliss-reactive ketones (excluding diaryl/α,β-unsaturated/α-hetero) is 1. The molecule has 34 heavy (non-hydrogen) atoms. The molecule has 2 aliphatic heterocycles. The Hall–Kier alpha value is -1.88. The Morgan fingerprint density at radius 3 is 2.53 bits per heavy atom. The maximum absolute atomic E-state index is 12.4. The molecule has 3 rings (SSSR count). The summed E-state index contributed by atoms with van der Waals surface area (Å²) in [6, 6.07) is 3.25. The van der Waals surface area contributed by atoms with Crippen LogP contribution in [0.2, 0.25) is 0 Å². The van der Waals surface area contributed by atoms with Crippen molar-refractivity contribution in [1.29, 1.82) is 0 Å². The molecular formula is C23H30F6N2O3. The number of ketones is 1. The highest BCUT2D eigenvalue weighted by molar-refractivity contribution is 5.78. The van der Waals surface area contributed by atoms with E-state index in [4.69, 9.17) is 9.47 Å². The number of fused-ring (bicyclic) bond motifs is 1. The largest absolute Gasteiger partial charge is 0.468 e. The van der Waals surface area contributed by atoms with Gasteiger partial charge in [0, 0.05) is 50.7 Å². The predicted octanol–water partition coefficient (Wildman–Crippen LogP) is 4.91. The van der Waals surface area contributed by atoms with Crippen LogP contribution in [0, 0.1) is 5.92 Å². The molecule has 11 heteroatoms. The van der Waals surface area contributed by atoms with Crippen molar-refractivity contribution >= 4 is 5.78 Å². The van der Waals surface area contributed by atoms with Crippen molar-refractivity contribution in [2.75, 3.05) is 32.8 Å². The van der Waals surface area contributed by atoms with Crippen LogP contribution < -0.4 is 4.74 Å². The quantitative estimate of drug-likeness (QED) is 0.455. The van der Waals surface area contributed by atoms with Crippen LogP contribution in [0.15, 0.2) is 12.1 Å². The van der Waals surface area contributed by atoms with Gasteiger partial charge in [0.05, 0.1) is 19.1 Å². The van der Waals surface area contributed by atoms with E-state index in [1.54, 1.807) is 6.07 Å². The first kappa shape index (κ1) is 26.7. The maximum atomic E-state index is 12.4. The Bertz CT molecular complexity index is 807. The van der Waals surface area contributed by atoms with Crippen LogP contribution in [0.1, 0.15) is 49.8 Å². The van der Waals surface area contributed by atoms with E-state index in [0.29, 0.717) is 13.0 Å². The van der Waals surface area contributed by atoms with Crippen molar-refractivity contribution in [2.24, 2.45) is 5.92 Å². The van der Waals surface area contributed by atoms with Crippen LogP contribution in [0.25, 0.3) is 0 Å². The molecule has 192 valence electrons. The van der Waals surface area contributed by atoms with Crippen LogP contribution in [0.5, 0.6) is 5.88 Å². The molecule has 1 saturated heterocycles. The molecule has 0 amide bonds. The van der Waals surface area contributed by atoms with E-state index in [-0.39, 0.29) is 30.1 Å². The summed E-state index contributed by atoms with van der Waals surface area (Å²) in [6.07, 6.45) is -6.37. The summed E-state index contributed by atoms with van der Waals surface area (Å²) in [5.74, 6) is -0.412. The summed E-state index contributed by atoms with van der Waals surface area (Å²) in [5, 5.41) is 0. The number of hydrogen-bond donors (Lipinski definition) is 0. The first-order valence-corrected chi connectivity index (χ1v) is 11.6. The third-order valence-electron chi connectivity index (χ3n) is 6.22. The fourth-order valence-electron chi connectivity index (χ4n) is 4.35. The van der Waals surface area contributed by atoms with E-state index >= 15 is 0 Å². The van der Waals surface area contributed by atoms with Gasteiger partial charge in [-0.05, 0) is 37.2 Å². The van der Waals surface area contributed by atoms with Gasteiger partial charge in [0.1, 0.15) is 5.78 Å². The molecule has 0 radical (unpaired) electrons. The summed E-state index contributed by atoms with van der Waals surface area (Å²) in [5.41, 5.74) is 1.77. The number of pyridine rings is 1. The van der Waals surface area contributed by atoms with Crippen molar-refractivity contribution in [3.63, 3.8) is 0 Å². The van der Waals surface area contributed by atoms with Gasteiger partial charge >= 0.3 is 12.4 Å². The fourth-order valence-corrected chi connectivity index (χ4v) is 4.35. The van der Waals surface area contributed by atoms with Gasteiger partial charge in [-0.3, -0.25) is 4.79 Å². The standard InChI is InChI=1S/C23H30F6N2O3/c24-22(25,26)9-5-18(32)13-16-1-3-19(33-14-16)7-11-31-10-6-17-2-4-21(30-20(17)8-12-31)34-15-23(27,28)29/h2,4,16,19H,1,3,5-15H2/t16-,19-/m1/s1. The minimum atomic E-state index is -4.41. The van der Waals surface area contributed by atoms with Gasteiger partial charge in [-0.15, -0.1) is 0 Å². The van der Waals surface area contributed by atoms with Crippen molar-refractivity contribution in [2.45, 2.75) is 69.8 Å². The van der Waals surface area contributed by atoms with Gasteiger partial charge < -0.3 is 14.4 Å². The summed E-state index contributed by atoms with van der Waals surface area (Å²) >= 11 is 0. The molecule has 0 N–H and O–H groups in total. The minimum Gasteiger partial charge on any atom is -0.468 e. The van der Waals surface area contributed by atoms with Gasteiger partial charge in [0.2, 0.25) is 5.88 Å². The number of alkyl halides is 6. The van der Waals surface area contributed by atoms with Crippen molar-refractivity contribution in [3.8, 4) is 5.88 Å². The Morgan fingerprint density at radius 2 is 1.85 bits per heavy atom. The first-order chi connectivity index (χ1) is 16.0. The Balaban J connectivity index is 1.36. The van der Waals surface area contributed by atoms with Crippen LogP contribution in [-0.4, -0.2) is 67.0 Å². The highest BCUT2D eigenvalue weighted by Crippen LogP contribution is 2.27. The third kappa shape index (κ3) is 9.40. The zero-order chi connectivity index (χ0) is 24.8. The second kappa shape index (κ2) is 11.7. The molecule has 1 fully saturated rings. The smallest absolute Gasteiger partial charge is 0.422 e. The SMILES string of the molecule is O=C(CCC(F)(F)F)C[C@H]1CC[C@H](CCN2CCc3ccc(OCC(F)(F)F)nc3CC2)OC1. The highest BCUT2D eigenvalue weighted by Gasteiger charge is 2.30. The van der Waals surface area contributed by atoms with E-state index < -0.39 is 31.8 Å². The number of nitrogens with zero attached hydrogens (tertiary/aromatic N) is 2. The van der Waals surface area contributed by atoms with Crippen molar-refractivity contribution in [3.05, 3.63) is 23.4 Å². The zero-order valence-electron chi connectivity index (χ0n) is 18.9. The van der Waals surface area contributed by atoms with Gasteiger partial charge in [-0.2, -0.15) is 26.3 Å². The Kier molecular flexibility index (Phi) is 9.20. The third-order valence-corrected chi connectivity index (χ3v) is 6.22. The summed E-state index contributed by atoms with van der Waals surface area (Å²) in [7, 11) is 0. The van der Waals surface area contributed by atoms with E-state index in [9.17, 15) is 31.1 Å². The molecule has 3 heterocycles. The normalized spacial score (nSPS) is 22.2. The topological polar surface area (TPSA) is 51.7 Å². The maximum Gasteiger partial charge on any atom is 0.422 e. The van der Waals surface area contributed by atoms with Gasteiger partial charge in [0.25, 0.3) is 0 Å². The number of rotatable bonds is 9. The van der Waals surface area contributed by atoms with E-state index in [2.05, 4.69) is 9.88 Å². The molecule has 0 saturated carbocycles. The minimum absolute atomic E-state index is 0.0217. The van der Waals surface area contributed by atoms with Gasteiger partial charge in [-0.1, -0.05) is 6.07 Å². The average molecular weight is 496 g/mol. The summed E-state index contributed by atoms with van der Waals surface area (Å²) < 4.78 is 84.4. The number of aromatic nitrogens is 1. The lowest BCUT2D eigenvalue weighted by molar-refractivity contribution is -0.154. The van der Waals surface area contributed by atoms with Crippen LogP contribution in [0.4, 0.5) is 26.3 Å². The second-order valence-corrected chi connectivity index (χ2v) is 9.05. The lowest BCUT2D eigenvalue weighted by Gasteiger charge is -2.30. The zero-order valence-corrected chi connectivity index (χ0v) is 18.9. The Labute approximate surface area is 194 Å². The number of halogens is 6. The van der Waals surface area contributed by atoms with E-state index in [1.165, 1.54) is 6.07 Å². The molecular weight excluding hydrogens is 466 g/mol. The molecule has 0 unspecified atom stereocenters. The molecule has 5 nitrogen and oxygen atoms in total. The number of carbonyl (C=O) groups is 1. The molecule has 0 bridgehead atoms. The predicted molar refractivity (Wildman–Crippen MR) is 112 cm³/mol. The summed E-state index contributed by atoms with van der Waals surface area (Å²) in [6.45, 7) is 1.35. The van der Waals surface area contributed by atoms with Crippen molar-refractivity contribution < 1.29 is 40.6 Å². The molecule has 0 spiro atoms. The lowest BCUT2D eigenvalue weighted by atomic mass is 9.91. The monoisotopic (exact) mass is 496 g/mol. The lowest BCUT2D eigenvalue weighted by Crippen LogP contribution is -2.33. The molecule has 0 aromatic carbocycles. The Morgan fingerprint density at radius 1 is 1.09 bits per heavy atom. The fraction of sp³-hybridized carbons (Fsp3) is 0.739. The van der Waals surface area contributed by atoms with Crippen LogP contribution in [-0.2, 0) is 22.4 Å². The van der Waals surface area contributed by atoms with Crippen LogP contribution >= 0.6 is 0 Å². The van der Waals surface area contributed by atoms with E-state index in [0.717, 1.165) is 56.6 Å². The van der Waals surface area contributed by atoms with Gasteiger partial charge in [-0.25, -0.2) is 4.98 Å². The highest BCUT2D eigenvalue weighted by atomic mass is 19.4. The van der Waals surface area contributed by atoms with Gasteiger partial charge in [0.15, 0.2) is 6.61 Å². The van der Waals surface area contributed by atoms with E-state index in [1.807, 2.05) is 0 Å². The number of hydrogen-bond acceptors (Lipinski definition) is 5. The molecule has 2 aliphatic rings. The summed E-state index contributed by atoms with van der Waals surface area (Å²) in [4.78, 5) is 18.3. The molecule has 2 atom stereocenters. The molecule has 0 aliphatic carbocycles. The first-order valence-electron chi connectivity index (χ1n) is 11.6. The molecule has 1 aromatic rings. The second-order valence-electron chi connectivity index (χ2n) is 9.05. The molecule has 1 aromatic heterocycles. The van der Waals surface area contributed by atoms with Crippen LogP contribution in [0.3, 0.4) is 0 Å². The average Bonchev–Trinajstić information content (AvgIpc) is 2.97.